The minimum atomic E-state index is -3.95. The number of carbonyl (C=O) groups is 3. The maximum atomic E-state index is 12.7. The van der Waals surface area contributed by atoms with E-state index in [9.17, 15) is 27.9 Å². The fourth-order valence-electron chi connectivity index (χ4n) is 3.45. The van der Waals surface area contributed by atoms with Gasteiger partial charge in [0.05, 0.1) is 6.42 Å². The van der Waals surface area contributed by atoms with Gasteiger partial charge in [-0.1, -0.05) is 30.3 Å². The van der Waals surface area contributed by atoms with E-state index in [0.717, 1.165) is 10.5 Å². The van der Waals surface area contributed by atoms with Crippen LogP contribution in [0.4, 0.5) is 0 Å². The number of hydrogen-bond acceptors (Lipinski definition) is 5. The van der Waals surface area contributed by atoms with Crippen LogP contribution in [0.25, 0.3) is 0 Å². The molecule has 8 nitrogen and oxygen atoms in total. The van der Waals surface area contributed by atoms with Gasteiger partial charge in [0, 0.05) is 0 Å². The van der Waals surface area contributed by atoms with Gasteiger partial charge in [-0.2, -0.15) is 0 Å². The molecule has 134 valence electrons. The number of amides is 2. The maximum absolute atomic E-state index is 12.7. The molecule has 2 aliphatic heterocycles. The highest BCUT2D eigenvalue weighted by molar-refractivity contribution is 7.94. The van der Waals surface area contributed by atoms with Gasteiger partial charge >= 0.3 is 5.97 Å². The number of carbonyl (C=O) groups excluding carboxylic acids is 2. The van der Waals surface area contributed by atoms with E-state index in [1.54, 1.807) is 30.3 Å². The van der Waals surface area contributed by atoms with E-state index in [1.165, 1.54) is 13.8 Å². The van der Waals surface area contributed by atoms with E-state index in [1.807, 2.05) is 0 Å². The molecule has 0 bridgehead atoms. The van der Waals surface area contributed by atoms with E-state index in [0.29, 0.717) is 0 Å². The Balaban J connectivity index is 1.81. The molecule has 2 fully saturated rings. The molecular weight excluding hydrogens is 348 g/mol. The normalized spacial score (nSPS) is 28.8. The van der Waals surface area contributed by atoms with E-state index in [4.69, 9.17) is 0 Å². The zero-order valence-electron chi connectivity index (χ0n) is 13.7. The van der Waals surface area contributed by atoms with Gasteiger partial charge in [0.1, 0.15) is 16.8 Å². The van der Waals surface area contributed by atoms with Crippen LogP contribution in [0.5, 0.6) is 0 Å². The molecule has 0 saturated carbocycles. The molecule has 3 atom stereocenters. The SMILES string of the molecule is CC1(C)[C@@H](C(=O)O)N2C(=O)[C@H](NC(=O)Cc3ccccc3)[C@H]2S1(=O)=O. The number of nitrogens with zero attached hydrogens (tertiary/aromatic N) is 1. The Kier molecular flexibility index (Phi) is 3.86. The highest BCUT2D eigenvalue weighted by atomic mass is 32.2. The zero-order valence-corrected chi connectivity index (χ0v) is 14.5. The van der Waals surface area contributed by atoms with Crippen molar-refractivity contribution in [2.24, 2.45) is 0 Å². The van der Waals surface area contributed by atoms with Crippen LogP contribution in [-0.4, -0.2) is 58.4 Å². The molecule has 2 N–H and O–H groups in total. The van der Waals surface area contributed by atoms with Crippen LogP contribution < -0.4 is 5.32 Å². The van der Waals surface area contributed by atoms with Crippen molar-refractivity contribution in [2.75, 3.05) is 0 Å². The van der Waals surface area contributed by atoms with Gasteiger partial charge < -0.3 is 15.3 Å². The van der Waals surface area contributed by atoms with Gasteiger partial charge in [-0.15, -0.1) is 0 Å². The largest absolute Gasteiger partial charge is 0.480 e. The van der Waals surface area contributed by atoms with Crippen molar-refractivity contribution in [1.82, 2.24) is 10.2 Å². The highest BCUT2D eigenvalue weighted by Crippen LogP contribution is 2.45. The fraction of sp³-hybridized carbons (Fsp3) is 0.438. The number of aliphatic carboxylic acids is 1. The second kappa shape index (κ2) is 5.55. The van der Waals surface area contributed by atoms with E-state index < -0.39 is 49.8 Å². The van der Waals surface area contributed by atoms with Crippen LogP contribution in [0.15, 0.2) is 30.3 Å². The molecule has 3 rings (SSSR count). The molecule has 9 heteroatoms. The second-order valence-corrected chi connectivity index (χ2v) is 9.36. The fourth-order valence-corrected chi connectivity index (χ4v) is 5.66. The molecule has 1 aromatic carbocycles. The van der Waals surface area contributed by atoms with Crippen molar-refractivity contribution >= 4 is 27.6 Å². The molecule has 0 aromatic heterocycles. The molecule has 1 aromatic rings. The molecule has 2 aliphatic rings. The summed E-state index contributed by atoms with van der Waals surface area (Å²) in [5, 5.41) is 10.4. The molecule has 0 spiro atoms. The molecule has 0 unspecified atom stereocenters. The van der Waals surface area contributed by atoms with E-state index in [2.05, 4.69) is 5.32 Å². The molecular formula is C16H18N2O6S. The van der Waals surface area contributed by atoms with Crippen LogP contribution in [0, 0.1) is 0 Å². The summed E-state index contributed by atoms with van der Waals surface area (Å²) < 4.78 is 23.7. The number of β-lactam (4-membered cyclic amide) rings is 1. The third kappa shape index (κ3) is 2.41. The summed E-state index contributed by atoms with van der Waals surface area (Å²) in [6, 6.07) is 6.10. The van der Waals surface area contributed by atoms with Crippen molar-refractivity contribution < 1.29 is 27.9 Å². The van der Waals surface area contributed by atoms with Crippen LogP contribution >= 0.6 is 0 Å². The van der Waals surface area contributed by atoms with Crippen LogP contribution in [-0.2, 0) is 30.6 Å². The first kappa shape index (κ1) is 17.4. The molecule has 2 saturated heterocycles. The van der Waals surface area contributed by atoms with Gasteiger partial charge in [0.15, 0.2) is 15.2 Å². The Morgan fingerprint density at radius 1 is 1.24 bits per heavy atom. The standard InChI is InChI=1S/C16H18N2O6S/c1-16(2)12(15(21)22)18-13(20)11(14(18)25(16,23)24)17-10(19)8-9-6-4-3-5-7-9/h3-7,11-12,14H,8H2,1-2H3,(H,17,19)(H,21,22)/t11-,12+,14+/m0/s1. The van der Waals surface area contributed by atoms with Gasteiger partial charge in [0.25, 0.3) is 0 Å². The lowest BCUT2D eigenvalue weighted by atomic mass is 9.96. The summed E-state index contributed by atoms with van der Waals surface area (Å²) in [6.07, 6.45) is 0.00311. The minimum absolute atomic E-state index is 0.00311. The van der Waals surface area contributed by atoms with Crippen LogP contribution in [0.1, 0.15) is 19.4 Å². The monoisotopic (exact) mass is 366 g/mol. The summed E-state index contributed by atoms with van der Waals surface area (Å²) in [6.45, 7) is 2.57. The molecule has 25 heavy (non-hydrogen) atoms. The number of benzene rings is 1. The Bertz CT molecular complexity index is 849. The van der Waals surface area contributed by atoms with Crippen molar-refractivity contribution in [3.8, 4) is 0 Å². The lowest BCUT2D eigenvalue weighted by Crippen LogP contribution is -2.72. The average molecular weight is 366 g/mol. The Morgan fingerprint density at radius 3 is 2.40 bits per heavy atom. The molecule has 2 amide bonds. The second-order valence-electron chi connectivity index (χ2n) is 6.73. The topological polar surface area (TPSA) is 121 Å². The number of carboxylic acid groups (broad SMARTS) is 1. The molecule has 0 radical (unpaired) electrons. The van der Waals surface area contributed by atoms with Crippen LogP contribution in [0.2, 0.25) is 0 Å². The van der Waals surface area contributed by atoms with Crippen molar-refractivity contribution in [1.29, 1.82) is 0 Å². The number of nitrogens with one attached hydrogen (secondary N) is 1. The summed E-state index contributed by atoms with van der Waals surface area (Å²) in [5.74, 6) is -2.55. The zero-order chi connectivity index (χ0) is 18.6. The summed E-state index contributed by atoms with van der Waals surface area (Å²) in [5.41, 5.74) is 0.724. The lowest BCUT2D eigenvalue weighted by molar-refractivity contribution is -0.161. The smallest absolute Gasteiger partial charge is 0.328 e. The number of rotatable bonds is 4. The third-order valence-electron chi connectivity index (χ3n) is 4.83. The first-order valence-corrected chi connectivity index (χ1v) is 9.25. The Hall–Kier alpha value is -2.42. The van der Waals surface area contributed by atoms with Gasteiger partial charge in [-0.3, -0.25) is 9.59 Å². The summed E-state index contributed by atoms with van der Waals surface area (Å²) >= 11 is 0. The number of carboxylic acids is 1. The number of hydrogen-bond donors (Lipinski definition) is 2. The average Bonchev–Trinajstić information content (AvgIpc) is 2.67. The van der Waals surface area contributed by atoms with Crippen LogP contribution in [0.3, 0.4) is 0 Å². The van der Waals surface area contributed by atoms with Gasteiger partial charge in [-0.05, 0) is 19.4 Å². The summed E-state index contributed by atoms with van der Waals surface area (Å²) in [4.78, 5) is 36.8. The quantitative estimate of drug-likeness (QED) is 0.696. The molecule has 2 heterocycles. The van der Waals surface area contributed by atoms with Crippen molar-refractivity contribution in [3.05, 3.63) is 35.9 Å². The Labute approximate surface area is 144 Å². The lowest BCUT2D eigenvalue weighted by Gasteiger charge is -2.42. The number of sulfone groups is 1. The molecule has 0 aliphatic carbocycles. The first-order chi connectivity index (χ1) is 11.6. The first-order valence-electron chi connectivity index (χ1n) is 7.70. The highest BCUT2D eigenvalue weighted by Gasteiger charge is 2.72. The predicted octanol–water partition coefficient (Wildman–Crippen LogP) is -0.458. The van der Waals surface area contributed by atoms with Gasteiger partial charge in [-0.25, -0.2) is 13.2 Å². The van der Waals surface area contributed by atoms with Gasteiger partial charge in [0.2, 0.25) is 11.8 Å². The van der Waals surface area contributed by atoms with E-state index >= 15 is 0 Å². The van der Waals surface area contributed by atoms with E-state index in [-0.39, 0.29) is 6.42 Å². The third-order valence-corrected chi connectivity index (χ3v) is 7.65. The summed E-state index contributed by atoms with van der Waals surface area (Å²) in [7, 11) is -3.95. The van der Waals surface area contributed by atoms with Crippen molar-refractivity contribution in [3.63, 3.8) is 0 Å². The van der Waals surface area contributed by atoms with Crippen molar-refractivity contribution in [2.45, 2.75) is 42.5 Å². The Morgan fingerprint density at radius 2 is 1.84 bits per heavy atom. The number of fused-ring (bicyclic) bond motifs is 1. The maximum Gasteiger partial charge on any atom is 0.328 e. The predicted molar refractivity (Wildman–Crippen MR) is 87.1 cm³/mol. The minimum Gasteiger partial charge on any atom is -0.480 e.